The number of anilines is 1. The van der Waals surface area contributed by atoms with Gasteiger partial charge < -0.3 is 9.64 Å². The van der Waals surface area contributed by atoms with E-state index in [0.717, 1.165) is 0 Å². The molecule has 0 aromatic heterocycles. The molecule has 0 saturated carbocycles. The van der Waals surface area contributed by atoms with E-state index in [2.05, 4.69) is 20.7 Å². The number of hydrogen-bond acceptors (Lipinski definition) is 4. The van der Waals surface area contributed by atoms with Gasteiger partial charge in [0, 0.05) is 16.7 Å². The van der Waals surface area contributed by atoms with E-state index in [1.54, 1.807) is 54.5 Å². The zero-order valence-electron chi connectivity index (χ0n) is 13.5. The SMILES string of the molecule is COc1ccc(N2CCC(NS(=O)(=O)c3ccccc3Br)C2=O)cc1. The van der Waals surface area contributed by atoms with E-state index in [1.165, 1.54) is 6.07 Å². The summed E-state index contributed by atoms with van der Waals surface area (Å²) in [6, 6.07) is 12.8. The Kier molecular flexibility index (Phi) is 5.12. The minimum absolute atomic E-state index is 0.116. The van der Waals surface area contributed by atoms with Gasteiger partial charge in [-0.3, -0.25) is 4.79 Å². The molecule has 1 unspecified atom stereocenters. The van der Waals surface area contributed by atoms with Crippen LogP contribution in [0.1, 0.15) is 6.42 Å². The summed E-state index contributed by atoms with van der Waals surface area (Å²) in [7, 11) is -2.22. The highest BCUT2D eigenvalue weighted by atomic mass is 79.9. The van der Waals surface area contributed by atoms with Crippen molar-refractivity contribution in [3.8, 4) is 5.75 Å². The molecule has 0 spiro atoms. The zero-order chi connectivity index (χ0) is 18.0. The standard InChI is InChI=1S/C17H17BrN2O4S/c1-24-13-8-6-12(7-9-13)20-11-10-15(17(20)21)19-25(22,23)16-5-3-2-4-14(16)18/h2-9,15,19H,10-11H2,1H3. The molecule has 0 radical (unpaired) electrons. The maximum atomic E-state index is 12.6. The van der Waals surface area contributed by atoms with Crippen LogP contribution in [0.25, 0.3) is 0 Å². The first-order valence-electron chi connectivity index (χ1n) is 7.64. The van der Waals surface area contributed by atoms with Gasteiger partial charge in [-0.05, 0) is 58.7 Å². The number of methoxy groups -OCH3 is 1. The number of rotatable bonds is 5. The van der Waals surface area contributed by atoms with Crippen LogP contribution in [0.3, 0.4) is 0 Å². The average Bonchev–Trinajstić information content (AvgIpc) is 2.95. The van der Waals surface area contributed by atoms with Crippen molar-refractivity contribution in [1.29, 1.82) is 0 Å². The molecule has 1 aliphatic heterocycles. The summed E-state index contributed by atoms with van der Waals surface area (Å²) < 4.78 is 33.2. The van der Waals surface area contributed by atoms with Gasteiger partial charge in [0.15, 0.2) is 0 Å². The fourth-order valence-corrected chi connectivity index (χ4v) is 4.95. The molecule has 1 heterocycles. The molecule has 8 heteroatoms. The molecule has 6 nitrogen and oxygen atoms in total. The lowest BCUT2D eigenvalue weighted by Crippen LogP contribution is -2.41. The Morgan fingerprint density at radius 3 is 2.48 bits per heavy atom. The van der Waals surface area contributed by atoms with Crippen molar-refractivity contribution in [2.45, 2.75) is 17.4 Å². The Morgan fingerprint density at radius 2 is 1.84 bits per heavy atom. The highest BCUT2D eigenvalue weighted by molar-refractivity contribution is 9.10. The second-order valence-corrected chi connectivity index (χ2v) is 8.12. The van der Waals surface area contributed by atoms with Crippen LogP contribution in [0.2, 0.25) is 0 Å². The van der Waals surface area contributed by atoms with Gasteiger partial charge in [0.2, 0.25) is 15.9 Å². The third-order valence-corrected chi connectivity index (χ3v) is 6.50. The molecule has 1 fully saturated rings. The number of nitrogens with one attached hydrogen (secondary N) is 1. The summed E-state index contributed by atoms with van der Waals surface area (Å²) in [6.07, 6.45) is 0.411. The topological polar surface area (TPSA) is 75.7 Å². The van der Waals surface area contributed by atoms with Crippen LogP contribution in [0.15, 0.2) is 57.9 Å². The molecule has 1 atom stereocenters. The first-order valence-corrected chi connectivity index (χ1v) is 9.92. The summed E-state index contributed by atoms with van der Waals surface area (Å²) >= 11 is 3.23. The summed E-state index contributed by atoms with van der Waals surface area (Å²) in [6.45, 7) is 0.453. The van der Waals surface area contributed by atoms with E-state index in [1.807, 2.05) is 0 Å². The van der Waals surface area contributed by atoms with E-state index in [-0.39, 0.29) is 10.8 Å². The van der Waals surface area contributed by atoms with Crippen molar-refractivity contribution >= 4 is 37.5 Å². The molecule has 1 amide bonds. The summed E-state index contributed by atoms with van der Waals surface area (Å²) in [5.74, 6) is 0.433. The number of ether oxygens (including phenoxy) is 1. The first kappa shape index (κ1) is 17.9. The number of nitrogens with zero attached hydrogens (tertiary/aromatic N) is 1. The largest absolute Gasteiger partial charge is 0.497 e. The van der Waals surface area contributed by atoms with Gasteiger partial charge in [-0.1, -0.05) is 12.1 Å². The maximum absolute atomic E-state index is 12.6. The normalized spacial score (nSPS) is 17.8. The van der Waals surface area contributed by atoms with E-state index >= 15 is 0 Å². The molecular weight excluding hydrogens is 408 g/mol. The van der Waals surface area contributed by atoms with E-state index in [4.69, 9.17) is 4.74 Å². The Bertz CT molecular complexity index is 884. The molecule has 2 aromatic rings. The van der Waals surface area contributed by atoms with Gasteiger partial charge in [0.1, 0.15) is 11.8 Å². The Morgan fingerprint density at radius 1 is 1.16 bits per heavy atom. The van der Waals surface area contributed by atoms with Crippen LogP contribution in [0.5, 0.6) is 5.75 Å². The predicted molar refractivity (Wildman–Crippen MR) is 98.2 cm³/mol. The number of benzene rings is 2. The van der Waals surface area contributed by atoms with Crippen LogP contribution < -0.4 is 14.4 Å². The van der Waals surface area contributed by atoms with Crippen molar-refractivity contribution in [1.82, 2.24) is 4.72 Å². The monoisotopic (exact) mass is 424 g/mol. The molecule has 1 N–H and O–H groups in total. The fourth-order valence-electron chi connectivity index (χ4n) is 2.72. The van der Waals surface area contributed by atoms with Crippen molar-refractivity contribution < 1.29 is 17.9 Å². The van der Waals surface area contributed by atoms with Crippen LogP contribution in [0.4, 0.5) is 5.69 Å². The van der Waals surface area contributed by atoms with Crippen molar-refractivity contribution in [2.24, 2.45) is 0 Å². The summed E-state index contributed by atoms with van der Waals surface area (Å²) in [5.41, 5.74) is 0.716. The molecule has 2 aromatic carbocycles. The molecule has 1 aliphatic rings. The summed E-state index contributed by atoms with van der Waals surface area (Å²) in [5, 5.41) is 0. The molecule has 25 heavy (non-hydrogen) atoms. The van der Waals surface area contributed by atoms with Gasteiger partial charge in [0.25, 0.3) is 0 Å². The summed E-state index contributed by atoms with van der Waals surface area (Å²) in [4.78, 5) is 14.3. The number of sulfonamides is 1. The van der Waals surface area contributed by atoms with Crippen LogP contribution in [-0.2, 0) is 14.8 Å². The predicted octanol–water partition coefficient (Wildman–Crippen LogP) is 2.54. The van der Waals surface area contributed by atoms with Gasteiger partial charge in [-0.2, -0.15) is 4.72 Å². The lowest BCUT2D eigenvalue weighted by molar-refractivity contribution is -0.118. The van der Waals surface area contributed by atoms with E-state index in [9.17, 15) is 13.2 Å². The van der Waals surface area contributed by atoms with Crippen molar-refractivity contribution in [3.63, 3.8) is 0 Å². The van der Waals surface area contributed by atoms with Gasteiger partial charge in [0.05, 0.1) is 12.0 Å². The Labute approximate surface area is 155 Å². The molecule has 3 rings (SSSR count). The minimum atomic E-state index is -3.79. The Hall–Kier alpha value is -1.90. The zero-order valence-corrected chi connectivity index (χ0v) is 15.9. The maximum Gasteiger partial charge on any atom is 0.245 e. The fraction of sp³-hybridized carbons (Fsp3) is 0.235. The van der Waals surface area contributed by atoms with Gasteiger partial charge in [-0.25, -0.2) is 8.42 Å². The molecular formula is C17H17BrN2O4S. The number of halogens is 1. The van der Waals surface area contributed by atoms with E-state index in [0.29, 0.717) is 28.9 Å². The Balaban J connectivity index is 1.77. The number of hydrogen-bond donors (Lipinski definition) is 1. The minimum Gasteiger partial charge on any atom is -0.497 e. The van der Waals surface area contributed by atoms with Gasteiger partial charge >= 0.3 is 0 Å². The smallest absolute Gasteiger partial charge is 0.245 e. The number of carbonyl (C=O) groups excluding carboxylic acids is 1. The second-order valence-electron chi connectivity index (χ2n) is 5.58. The van der Waals surface area contributed by atoms with Crippen LogP contribution >= 0.6 is 15.9 Å². The number of carbonyl (C=O) groups is 1. The van der Waals surface area contributed by atoms with Gasteiger partial charge in [-0.15, -0.1) is 0 Å². The van der Waals surface area contributed by atoms with Crippen LogP contribution in [-0.4, -0.2) is 34.0 Å². The van der Waals surface area contributed by atoms with Crippen molar-refractivity contribution in [2.75, 3.05) is 18.6 Å². The van der Waals surface area contributed by atoms with Crippen molar-refractivity contribution in [3.05, 3.63) is 53.0 Å². The molecule has 1 saturated heterocycles. The van der Waals surface area contributed by atoms with Crippen LogP contribution in [0, 0.1) is 0 Å². The molecule has 0 bridgehead atoms. The molecule has 0 aliphatic carbocycles. The highest BCUT2D eigenvalue weighted by Crippen LogP contribution is 2.26. The third kappa shape index (κ3) is 3.70. The molecule has 132 valence electrons. The van der Waals surface area contributed by atoms with E-state index < -0.39 is 16.1 Å². The lowest BCUT2D eigenvalue weighted by atomic mass is 10.2. The number of amides is 1. The second kappa shape index (κ2) is 7.15. The lowest BCUT2D eigenvalue weighted by Gasteiger charge is -2.18. The highest BCUT2D eigenvalue weighted by Gasteiger charge is 2.36. The quantitative estimate of drug-likeness (QED) is 0.799. The first-order chi connectivity index (χ1) is 11.9. The average molecular weight is 425 g/mol. The third-order valence-electron chi connectivity index (χ3n) is 4.01.